The molecule has 0 radical (unpaired) electrons. The fourth-order valence-corrected chi connectivity index (χ4v) is 1.69. The van der Waals surface area contributed by atoms with Crippen LogP contribution in [0.1, 0.15) is 0 Å². The number of para-hydroxylation sites is 2. The van der Waals surface area contributed by atoms with Crippen molar-refractivity contribution in [1.82, 2.24) is 14.5 Å². The third kappa shape index (κ3) is 1.97. The summed E-state index contributed by atoms with van der Waals surface area (Å²) in [6.07, 6.45) is 5.19. The lowest BCUT2D eigenvalue weighted by Crippen LogP contribution is -2.03. The lowest BCUT2D eigenvalue weighted by Gasteiger charge is -2.06. The molecule has 0 aliphatic heterocycles. The zero-order valence-electron chi connectivity index (χ0n) is 9.15. The third-order valence-corrected chi connectivity index (χ3v) is 2.53. The average Bonchev–Trinajstić information content (AvgIpc) is 2.81. The van der Waals surface area contributed by atoms with Gasteiger partial charge in [-0.3, -0.25) is 9.55 Å². The first-order valence-electron chi connectivity index (χ1n) is 5.36. The second-order valence-corrected chi connectivity index (χ2v) is 3.67. The highest BCUT2D eigenvalue weighted by molar-refractivity contribution is 5.74. The normalized spacial score (nSPS) is 10.6. The Balaban J connectivity index is 1.82. The van der Waals surface area contributed by atoms with Crippen molar-refractivity contribution in [3.8, 4) is 5.75 Å². The Labute approximate surface area is 98.5 Å². The van der Waals surface area contributed by atoms with Gasteiger partial charge in [0.15, 0.2) is 6.73 Å². The summed E-state index contributed by atoms with van der Waals surface area (Å²) in [6, 6.07) is 11.7. The van der Waals surface area contributed by atoms with Crippen LogP contribution in [0.15, 0.2) is 55.1 Å². The van der Waals surface area contributed by atoms with Crippen molar-refractivity contribution in [2.24, 2.45) is 0 Å². The molecule has 3 aromatic rings. The molecule has 0 fully saturated rings. The molecule has 0 N–H and O–H groups in total. The Morgan fingerprint density at radius 2 is 2.06 bits per heavy atom. The molecular formula is C13H11N3O. The van der Waals surface area contributed by atoms with Crippen LogP contribution >= 0.6 is 0 Å². The summed E-state index contributed by atoms with van der Waals surface area (Å²) in [6.45, 7) is 0.437. The van der Waals surface area contributed by atoms with E-state index in [0.29, 0.717) is 6.73 Å². The van der Waals surface area contributed by atoms with Gasteiger partial charge in [-0.2, -0.15) is 0 Å². The number of imidazole rings is 1. The van der Waals surface area contributed by atoms with Crippen molar-refractivity contribution in [3.63, 3.8) is 0 Å². The van der Waals surface area contributed by atoms with E-state index in [9.17, 15) is 0 Å². The summed E-state index contributed by atoms with van der Waals surface area (Å²) in [4.78, 5) is 8.30. The number of fused-ring (bicyclic) bond motifs is 1. The summed E-state index contributed by atoms with van der Waals surface area (Å²) >= 11 is 0. The van der Waals surface area contributed by atoms with Gasteiger partial charge in [0.05, 0.1) is 23.6 Å². The Hall–Kier alpha value is -2.36. The highest BCUT2D eigenvalue weighted by Gasteiger charge is 2.01. The topological polar surface area (TPSA) is 39.9 Å². The molecule has 84 valence electrons. The lowest BCUT2D eigenvalue weighted by atomic mass is 10.3. The molecule has 0 aliphatic rings. The monoisotopic (exact) mass is 225 g/mol. The second kappa shape index (κ2) is 4.25. The maximum Gasteiger partial charge on any atom is 0.166 e. The van der Waals surface area contributed by atoms with E-state index in [4.69, 9.17) is 4.74 Å². The predicted molar refractivity (Wildman–Crippen MR) is 64.6 cm³/mol. The fourth-order valence-electron chi connectivity index (χ4n) is 1.69. The van der Waals surface area contributed by atoms with Crippen molar-refractivity contribution in [1.29, 1.82) is 0 Å². The van der Waals surface area contributed by atoms with Gasteiger partial charge in [0.2, 0.25) is 0 Å². The summed E-state index contributed by atoms with van der Waals surface area (Å²) < 4.78 is 7.58. The minimum Gasteiger partial charge on any atom is -0.471 e. The number of nitrogens with zero attached hydrogens (tertiary/aromatic N) is 3. The van der Waals surface area contributed by atoms with E-state index in [-0.39, 0.29) is 0 Å². The van der Waals surface area contributed by atoms with Gasteiger partial charge in [0.1, 0.15) is 5.75 Å². The zero-order valence-corrected chi connectivity index (χ0v) is 9.15. The van der Waals surface area contributed by atoms with Gasteiger partial charge in [-0.25, -0.2) is 4.98 Å². The van der Waals surface area contributed by atoms with E-state index in [2.05, 4.69) is 9.97 Å². The summed E-state index contributed by atoms with van der Waals surface area (Å²) in [7, 11) is 0. The van der Waals surface area contributed by atoms with Crippen LogP contribution in [0.4, 0.5) is 0 Å². The Kier molecular flexibility index (Phi) is 2.46. The lowest BCUT2D eigenvalue weighted by molar-refractivity contribution is 0.240. The van der Waals surface area contributed by atoms with Crippen molar-refractivity contribution >= 4 is 11.0 Å². The van der Waals surface area contributed by atoms with Crippen molar-refractivity contribution in [3.05, 3.63) is 55.1 Å². The van der Waals surface area contributed by atoms with E-state index < -0.39 is 0 Å². The molecule has 0 saturated carbocycles. The van der Waals surface area contributed by atoms with Crippen molar-refractivity contribution in [2.45, 2.75) is 6.73 Å². The Morgan fingerprint density at radius 3 is 2.94 bits per heavy atom. The quantitative estimate of drug-likeness (QED) is 0.687. The second-order valence-electron chi connectivity index (χ2n) is 3.67. The van der Waals surface area contributed by atoms with E-state index in [0.717, 1.165) is 16.8 Å². The molecule has 0 bridgehead atoms. The molecule has 0 saturated heterocycles. The molecule has 0 unspecified atom stereocenters. The largest absolute Gasteiger partial charge is 0.471 e. The number of pyridine rings is 1. The fraction of sp³-hybridized carbons (Fsp3) is 0.0769. The van der Waals surface area contributed by atoms with Crippen LogP contribution < -0.4 is 4.74 Å². The van der Waals surface area contributed by atoms with Crippen LogP contribution in [0.3, 0.4) is 0 Å². The number of ether oxygens (including phenoxy) is 1. The van der Waals surface area contributed by atoms with Gasteiger partial charge < -0.3 is 4.74 Å². The molecule has 2 heterocycles. The van der Waals surface area contributed by atoms with Crippen LogP contribution in [0.25, 0.3) is 11.0 Å². The molecule has 0 atom stereocenters. The van der Waals surface area contributed by atoms with Gasteiger partial charge >= 0.3 is 0 Å². The number of hydrogen-bond acceptors (Lipinski definition) is 3. The molecule has 4 nitrogen and oxygen atoms in total. The maximum atomic E-state index is 5.62. The first-order chi connectivity index (χ1) is 8.43. The van der Waals surface area contributed by atoms with Crippen LogP contribution in [0, 0.1) is 0 Å². The number of rotatable bonds is 3. The highest BCUT2D eigenvalue weighted by Crippen LogP contribution is 2.13. The van der Waals surface area contributed by atoms with Crippen LogP contribution in [-0.2, 0) is 6.73 Å². The standard InChI is InChI=1S/C13H11N3O/c1-2-6-13-12(5-1)15-9-16(13)10-17-11-4-3-7-14-8-11/h1-9H,10H2. The minimum atomic E-state index is 0.437. The first kappa shape index (κ1) is 9.84. The molecule has 2 aromatic heterocycles. The van der Waals surface area contributed by atoms with Gasteiger partial charge in [0, 0.05) is 6.20 Å². The summed E-state index contributed by atoms with van der Waals surface area (Å²) in [5, 5.41) is 0. The van der Waals surface area contributed by atoms with E-state index in [1.165, 1.54) is 0 Å². The Bertz CT molecular complexity index is 619. The van der Waals surface area contributed by atoms with Gasteiger partial charge in [-0.1, -0.05) is 12.1 Å². The first-order valence-corrected chi connectivity index (χ1v) is 5.36. The highest BCUT2D eigenvalue weighted by atomic mass is 16.5. The molecule has 0 aliphatic carbocycles. The van der Waals surface area contributed by atoms with Gasteiger partial charge in [-0.15, -0.1) is 0 Å². The van der Waals surface area contributed by atoms with Gasteiger partial charge in [-0.05, 0) is 24.3 Å². The summed E-state index contributed by atoms with van der Waals surface area (Å²) in [5.41, 5.74) is 2.04. The molecular weight excluding hydrogens is 214 g/mol. The predicted octanol–water partition coefficient (Wildman–Crippen LogP) is 2.47. The summed E-state index contributed by atoms with van der Waals surface area (Å²) in [5.74, 6) is 0.755. The molecule has 17 heavy (non-hydrogen) atoms. The van der Waals surface area contributed by atoms with E-state index in [1.54, 1.807) is 18.7 Å². The number of benzene rings is 1. The molecule has 1 aromatic carbocycles. The SMILES string of the molecule is c1cncc(OCn2cnc3ccccc32)c1. The van der Waals surface area contributed by atoms with Crippen molar-refractivity contribution in [2.75, 3.05) is 0 Å². The Morgan fingerprint density at radius 1 is 1.12 bits per heavy atom. The third-order valence-electron chi connectivity index (χ3n) is 2.53. The van der Waals surface area contributed by atoms with Crippen LogP contribution in [0.2, 0.25) is 0 Å². The smallest absolute Gasteiger partial charge is 0.166 e. The minimum absolute atomic E-state index is 0.437. The van der Waals surface area contributed by atoms with E-state index in [1.807, 2.05) is 41.0 Å². The molecule has 0 spiro atoms. The number of hydrogen-bond donors (Lipinski definition) is 0. The molecule has 4 heteroatoms. The van der Waals surface area contributed by atoms with Crippen molar-refractivity contribution < 1.29 is 4.74 Å². The van der Waals surface area contributed by atoms with Gasteiger partial charge in [0.25, 0.3) is 0 Å². The maximum absolute atomic E-state index is 5.62. The number of aromatic nitrogens is 3. The van der Waals surface area contributed by atoms with E-state index >= 15 is 0 Å². The van der Waals surface area contributed by atoms with Crippen LogP contribution in [-0.4, -0.2) is 14.5 Å². The average molecular weight is 225 g/mol. The molecule has 3 rings (SSSR count). The molecule has 0 amide bonds. The van der Waals surface area contributed by atoms with Crippen LogP contribution in [0.5, 0.6) is 5.75 Å². The zero-order chi connectivity index (χ0) is 11.5.